The zero-order valence-electron chi connectivity index (χ0n) is 14.5. The van der Waals surface area contributed by atoms with E-state index in [1.165, 1.54) is 6.92 Å². The van der Waals surface area contributed by atoms with Gasteiger partial charge in [-0.3, -0.25) is 9.59 Å². The molecule has 7 nitrogen and oxygen atoms in total. The molecule has 130 valence electrons. The molecule has 2 amide bonds. The first-order valence-electron chi connectivity index (χ1n) is 8.14. The minimum atomic E-state index is -0.234. The zero-order valence-corrected chi connectivity index (χ0v) is 14.5. The van der Waals surface area contributed by atoms with E-state index < -0.39 is 0 Å². The maximum absolute atomic E-state index is 12.4. The number of anilines is 1. The quantitative estimate of drug-likeness (QED) is 0.884. The van der Waals surface area contributed by atoms with Gasteiger partial charge in [-0.1, -0.05) is 23.8 Å². The third-order valence-corrected chi connectivity index (χ3v) is 4.35. The predicted octanol–water partition coefficient (Wildman–Crippen LogP) is 1.57. The minimum absolute atomic E-state index is 0.0314. The van der Waals surface area contributed by atoms with E-state index in [4.69, 9.17) is 5.73 Å². The van der Waals surface area contributed by atoms with Crippen LogP contribution in [0.5, 0.6) is 0 Å². The lowest BCUT2D eigenvalue weighted by molar-refractivity contribution is -0.134. The number of aromatic nitrogens is 2. The third kappa shape index (κ3) is 3.31. The molecule has 25 heavy (non-hydrogen) atoms. The number of nitrogens with two attached hydrogens (primary N) is 1. The van der Waals surface area contributed by atoms with Gasteiger partial charge in [0.15, 0.2) is 0 Å². The predicted molar refractivity (Wildman–Crippen MR) is 94.3 cm³/mol. The van der Waals surface area contributed by atoms with Crippen LogP contribution in [0, 0.1) is 6.92 Å². The monoisotopic (exact) mass is 339 g/mol. The zero-order chi connectivity index (χ0) is 18.1. The lowest BCUT2D eigenvalue weighted by Gasteiger charge is -2.21. The first kappa shape index (κ1) is 16.9. The van der Waals surface area contributed by atoms with E-state index in [0.717, 1.165) is 28.1 Å². The van der Waals surface area contributed by atoms with E-state index >= 15 is 0 Å². The Labute approximate surface area is 146 Å². The van der Waals surface area contributed by atoms with E-state index in [1.54, 1.807) is 4.90 Å². The second-order valence-electron chi connectivity index (χ2n) is 6.27. The van der Waals surface area contributed by atoms with Crippen molar-refractivity contribution < 1.29 is 9.59 Å². The Morgan fingerprint density at radius 1 is 1.36 bits per heavy atom. The number of benzene rings is 1. The number of nitrogen functional groups attached to an aromatic ring is 1. The standard InChI is InChI=1S/C18H21N5O2/c1-10-5-4-6-13(7-10)17-14-9-23(15(25)8-20-12(3)24)11(2)16(14)21-18(19)22-17/h4-7,11H,8-9H2,1-3H3,(H,20,24)(H2,19,21,22)/t11-/m0/s1. The molecule has 1 aromatic carbocycles. The van der Waals surface area contributed by atoms with Gasteiger partial charge in [0.25, 0.3) is 0 Å². The smallest absolute Gasteiger partial charge is 0.242 e. The molecule has 0 saturated heterocycles. The molecular formula is C18H21N5O2. The van der Waals surface area contributed by atoms with Crippen LogP contribution in [0.4, 0.5) is 5.95 Å². The second kappa shape index (κ2) is 6.51. The van der Waals surface area contributed by atoms with E-state index in [0.29, 0.717) is 6.54 Å². The van der Waals surface area contributed by atoms with Crippen LogP contribution in [0.2, 0.25) is 0 Å². The van der Waals surface area contributed by atoms with Gasteiger partial charge in [0.05, 0.1) is 30.5 Å². The van der Waals surface area contributed by atoms with Crippen LogP contribution < -0.4 is 11.1 Å². The largest absolute Gasteiger partial charge is 0.368 e. The average molecular weight is 339 g/mol. The number of nitrogens with zero attached hydrogens (tertiary/aromatic N) is 3. The normalized spacial score (nSPS) is 15.8. The fourth-order valence-corrected chi connectivity index (χ4v) is 3.11. The summed E-state index contributed by atoms with van der Waals surface area (Å²) >= 11 is 0. The van der Waals surface area contributed by atoms with Crippen molar-refractivity contribution in [3.63, 3.8) is 0 Å². The lowest BCUT2D eigenvalue weighted by Crippen LogP contribution is -2.38. The van der Waals surface area contributed by atoms with Gasteiger partial charge in [-0.15, -0.1) is 0 Å². The number of nitrogens with one attached hydrogen (secondary N) is 1. The topological polar surface area (TPSA) is 101 Å². The van der Waals surface area contributed by atoms with Gasteiger partial charge in [-0.2, -0.15) is 0 Å². The van der Waals surface area contributed by atoms with E-state index in [1.807, 2.05) is 38.1 Å². The number of hydrogen-bond acceptors (Lipinski definition) is 5. The molecule has 2 aromatic rings. The highest BCUT2D eigenvalue weighted by Gasteiger charge is 2.34. The molecule has 2 heterocycles. The summed E-state index contributed by atoms with van der Waals surface area (Å²) < 4.78 is 0. The van der Waals surface area contributed by atoms with Gasteiger partial charge >= 0.3 is 0 Å². The summed E-state index contributed by atoms with van der Waals surface area (Å²) in [5.41, 5.74) is 10.4. The van der Waals surface area contributed by atoms with Crippen LogP contribution in [-0.4, -0.2) is 33.2 Å². The Morgan fingerprint density at radius 3 is 2.80 bits per heavy atom. The van der Waals surface area contributed by atoms with Crippen molar-refractivity contribution in [1.29, 1.82) is 0 Å². The minimum Gasteiger partial charge on any atom is -0.368 e. The third-order valence-electron chi connectivity index (χ3n) is 4.35. The van der Waals surface area contributed by atoms with E-state index in [2.05, 4.69) is 15.3 Å². The average Bonchev–Trinajstić information content (AvgIpc) is 2.89. The van der Waals surface area contributed by atoms with E-state index in [9.17, 15) is 9.59 Å². The molecule has 0 radical (unpaired) electrons. The summed E-state index contributed by atoms with van der Waals surface area (Å²) in [7, 11) is 0. The molecule has 0 unspecified atom stereocenters. The van der Waals surface area contributed by atoms with Gasteiger partial charge in [0.1, 0.15) is 0 Å². The number of hydrogen-bond donors (Lipinski definition) is 2. The van der Waals surface area contributed by atoms with Crippen molar-refractivity contribution in [2.24, 2.45) is 0 Å². The van der Waals surface area contributed by atoms with Crippen LogP contribution in [0.3, 0.4) is 0 Å². The Hall–Kier alpha value is -2.96. The number of rotatable bonds is 3. The first-order chi connectivity index (χ1) is 11.9. The lowest BCUT2D eigenvalue weighted by atomic mass is 10.0. The molecule has 0 saturated carbocycles. The van der Waals surface area contributed by atoms with Gasteiger partial charge < -0.3 is 16.0 Å². The van der Waals surface area contributed by atoms with Crippen LogP contribution in [0.25, 0.3) is 11.3 Å². The number of carbonyl (C=O) groups is 2. The van der Waals surface area contributed by atoms with Crippen molar-refractivity contribution in [3.8, 4) is 11.3 Å². The summed E-state index contributed by atoms with van der Waals surface area (Å²) in [5, 5.41) is 2.54. The molecule has 0 bridgehead atoms. The van der Waals surface area contributed by atoms with Gasteiger partial charge in [-0.05, 0) is 19.9 Å². The van der Waals surface area contributed by atoms with Crippen molar-refractivity contribution in [2.45, 2.75) is 33.4 Å². The van der Waals surface area contributed by atoms with Gasteiger partial charge in [-0.25, -0.2) is 9.97 Å². The maximum Gasteiger partial charge on any atom is 0.242 e. The van der Waals surface area contributed by atoms with Crippen LogP contribution in [0.1, 0.15) is 36.7 Å². The highest BCUT2D eigenvalue weighted by molar-refractivity contribution is 5.85. The summed E-state index contributed by atoms with van der Waals surface area (Å²) in [6, 6.07) is 7.77. The molecule has 0 fully saturated rings. The molecule has 1 aliphatic rings. The fourth-order valence-electron chi connectivity index (χ4n) is 3.11. The van der Waals surface area contributed by atoms with Gasteiger partial charge in [0.2, 0.25) is 17.8 Å². The Kier molecular flexibility index (Phi) is 4.39. The molecule has 0 spiro atoms. The number of carbonyl (C=O) groups excluding carboxylic acids is 2. The molecular weight excluding hydrogens is 318 g/mol. The van der Waals surface area contributed by atoms with Crippen molar-refractivity contribution in [3.05, 3.63) is 41.1 Å². The Bertz CT molecular complexity index is 849. The SMILES string of the molecule is CC(=O)NCC(=O)N1Cc2c(-c3cccc(C)c3)nc(N)nc2[C@@H]1C. The van der Waals surface area contributed by atoms with Crippen molar-refractivity contribution >= 4 is 17.8 Å². The second-order valence-corrected chi connectivity index (χ2v) is 6.27. The fraction of sp³-hybridized carbons (Fsp3) is 0.333. The number of fused-ring (bicyclic) bond motifs is 1. The van der Waals surface area contributed by atoms with Crippen LogP contribution >= 0.6 is 0 Å². The maximum atomic E-state index is 12.4. The molecule has 1 aliphatic heterocycles. The number of amides is 2. The summed E-state index contributed by atoms with van der Waals surface area (Å²) in [6.07, 6.45) is 0. The summed E-state index contributed by atoms with van der Waals surface area (Å²) in [4.78, 5) is 34.0. The van der Waals surface area contributed by atoms with E-state index in [-0.39, 0.29) is 30.3 Å². The summed E-state index contributed by atoms with van der Waals surface area (Å²) in [6.45, 7) is 5.68. The highest BCUT2D eigenvalue weighted by atomic mass is 16.2. The number of aryl methyl sites for hydroxylation is 1. The highest BCUT2D eigenvalue weighted by Crippen LogP contribution is 2.37. The van der Waals surface area contributed by atoms with Crippen molar-refractivity contribution in [1.82, 2.24) is 20.2 Å². The molecule has 3 N–H and O–H groups in total. The first-order valence-corrected chi connectivity index (χ1v) is 8.14. The van der Waals surface area contributed by atoms with Crippen LogP contribution in [0.15, 0.2) is 24.3 Å². The van der Waals surface area contributed by atoms with Crippen LogP contribution in [-0.2, 0) is 16.1 Å². The van der Waals surface area contributed by atoms with Crippen molar-refractivity contribution in [2.75, 3.05) is 12.3 Å². The molecule has 3 rings (SSSR count). The molecule has 1 atom stereocenters. The molecule has 1 aromatic heterocycles. The summed E-state index contributed by atoms with van der Waals surface area (Å²) in [5.74, 6) is -0.199. The van der Waals surface area contributed by atoms with Gasteiger partial charge in [0, 0.05) is 18.1 Å². The Balaban J connectivity index is 1.97. The molecule has 0 aliphatic carbocycles. The Morgan fingerprint density at radius 2 is 2.12 bits per heavy atom. The molecule has 7 heteroatoms.